The van der Waals surface area contributed by atoms with Crippen molar-refractivity contribution in [2.75, 3.05) is 13.1 Å². The van der Waals surface area contributed by atoms with Crippen molar-refractivity contribution >= 4 is 0 Å². The van der Waals surface area contributed by atoms with E-state index in [1.54, 1.807) is 0 Å². The Hall–Kier alpha value is -0.250. The van der Waals surface area contributed by atoms with Crippen LogP contribution in [0.1, 0.15) is 6.42 Å². The van der Waals surface area contributed by atoms with Crippen LogP contribution < -0.4 is 5.32 Å². The van der Waals surface area contributed by atoms with Crippen LogP contribution in [0.2, 0.25) is 0 Å². The summed E-state index contributed by atoms with van der Waals surface area (Å²) in [5.41, 5.74) is -2.25. The molecule has 1 nitrogen and oxygen atoms in total. The second-order valence-corrected chi connectivity index (χ2v) is 2.26. The van der Waals surface area contributed by atoms with Gasteiger partial charge in [-0.25, -0.2) is 13.2 Å². The quantitative estimate of drug-likeness (QED) is 0.570. The highest BCUT2D eigenvalue weighted by Crippen LogP contribution is 2.26. The van der Waals surface area contributed by atoms with Gasteiger partial charge in [-0.05, 0) is 6.54 Å². The van der Waals surface area contributed by atoms with Crippen LogP contribution in [-0.2, 0) is 0 Å². The Balaban J connectivity index is 2.51. The number of halogens is 3. The van der Waals surface area contributed by atoms with E-state index in [0.29, 0.717) is 6.54 Å². The lowest BCUT2D eigenvalue weighted by atomic mass is 10.1. The van der Waals surface area contributed by atoms with E-state index in [1.807, 2.05) is 0 Å². The number of nitrogens with one attached hydrogen (secondary N) is 1. The predicted molar refractivity (Wildman–Crippen MR) is 27.3 cm³/mol. The molecule has 1 rings (SSSR count). The molecular formula is C5H8F3N. The maximum Gasteiger partial charge on any atom is 0.273 e. The van der Waals surface area contributed by atoms with Gasteiger partial charge in [0.2, 0.25) is 0 Å². The van der Waals surface area contributed by atoms with Crippen LogP contribution in [0.5, 0.6) is 0 Å². The summed E-state index contributed by atoms with van der Waals surface area (Å²) in [6.45, 7) is 0.158. The summed E-state index contributed by atoms with van der Waals surface area (Å²) >= 11 is 0. The van der Waals surface area contributed by atoms with E-state index < -0.39 is 12.1 Å². The van der Waals surface area contributed by atoms with E-state index >= 15 is 0 Å². The van der Waals surface area contributed by atoms with Crippen LogP contribution in [0.15, 0.2) is 0 Å². The molecule has 1 saturated heterocycles. The lowest BCUT2D eigenvalue weighted by Crippen LogP contribution is -2.34. The summed E-state index contributed by atoms with van der Waals surface area (Å²) < 4.78 is 36.0. The monoisotopic (exact) mass is 139 g/mol. The maximum absolute atomic E-state index is 12.6. The lowest BCUT2D eigenvalue weighted by molar-refractivity contribution is -0.0206. The molecule has 0 aliphatic carbocycles. The van der Waals surface area contributed by atoms with Crippen molar-refractivity contribution in [1.29, 1.82) is 0 Å². The zero-order valence-electron chi connectivity index (χ0n) is 4.83. The van der Waals surface area contributed by atoms with Gasteiger partial charge in [0.15, 0.2) is 5.67 Å². The summed E-state index contributed by atoms with van der Waals surface area (Å²) in [7, 11) is 0. The molecule has 1 aliphatic rings. The highest BCUT2D eigenvalue weighted by atomic mass is 19.3. The largest absolute Gasteiger partial charge is 0.313 e. The van der Waals surface area contributed by atoms with Gasteiger partial charge in [0, 0.05) is 13.0 Å². The van der Waals surface area contributed by atoms with Gasteiger partial charge in [0.1, 0.15) is 0 Å². The van der Waals surface area contributed by atoms with Crippen molar-refractivity contribution in [1.82, 2.24) is 5.32 Å². The van der Waals surface area contributed by atoms with Crippen LogP contribution in [0.3, 0.4) is 0 Å². The zero-order valence-corrected chi connectivity index (χ0v) is 4.83. The van der Waals surface area contributed by atoms with Gasteiger partial charge >= 0.3 is 0 Å². The molecular weight excluding hydrogens is 131 g/mol. The standard InChI is InChI=1S/C5H8F3N/c6-4(7)5(8)1-2-9-3-5/h4,9H,1-3H2/t5-/m0/s1. The van der Waals surface area contributed by atoms with Gasteiger partial charge in [-0.15, -0.1) is 0 Å². The molecule has 0 unspecified atom stereocenters. The minimum absolute atomic E-state index is 0.0648. The highest BCUT2D eigenvalue weighted by molar-refractivity contribution is 4.90. The Morgan fingerprint density at radius 3 is 2.33 bits per heavy atom. The van der Waals surface area contributed by atoms with E-state index in [9.17, 15) is 13.2 Å². The van der Waals surface area contributed by atoms with E-state index in [-0.39, 0.29) is 13.0 Å². The molecule has 54 valence electrons. The van der Waals surface area contributed by atoms with Crippen molar-refractivity contribution in [2.24, 2.45) is 0 Å². The first-order chi connectivity index (χ1) is 4.15. The molecule has 4 heteroatoms. The number of alkyl halides is 3. The summed E-state index contributed by atoms with van der Waals surface area (Å²) in [6.07, 6.45) is -2.91. The van der Waals surface area contributed by atoms with Crippen molar-refractivity contribution in [3.63, 3.8) is 0 Å². The maximum atomic E-state index is 12.6. The third-order valence-electron chi connectivity index (χ3n) is 1.53. The number of hydrogen-bond acceptors (Lipinski definition) is 1. The first-order valence-electron chi connectivity index (χ1n) is 2.83. The van der Waals surface area contributed by atoms with E-state index in [1.165, 1.54) is 0 Å². The third-order valence-corrected chi connectivity index (χ3v) is 1.53. The molecule has 1 atom stereocenters. The van der Waals surface area contributed by atoms with Crippen molar-refractivity contribution in [3.8, 4) is 0 Å². The predicted octanol–water partition coefficient (Wildman–Crippen LogP) is 0.953. The molecule has 0 saturated carbocycles. The highest BCUT2D eigenvalue weighted by Gasteiger charge is 2.42. The average molecular weight is 139 g/mol. The summed E-state index contributed by atoms with van der Waals surface area (Å²) in [4.78, 5) is 0. The SMILES string of the molecule is FC(F)[C@]1(F)CCNC1. The fourth-order valence-electron chi connectivity index (χ4n) is 0.867. The fourth-order valence-corrected chi connectivity index (χ4v) is 0.867. The smallest absolute Gasteiger partial charge is 0.273 e. The van der Waals surface area contributed by atoms with E-state index in [2.05, 4.69) is 5.32 Å². The van der Waals surface area contributed by atoms with Gasteiger partial charge in [0.05, 0.1) is 0 Å². The van der Waals surface area contributed by atoms with Gasteiger partial charge in [-0.1, -0.05) is 0 Å². The first kappa shape index (κ1) is 6.86. The minimum Gasteiger partial charge on any atom is -0.313 e. The second-order valence-electron chi connectivity index (χ2n) is 2.26. The zero-order chi connectivity index (χ0) is 6.91. The van der Waals surface area contributed by atoms with E-state index in [4.69, 9.17) is 0 Å². The molecule has 0 aromatic rings. The molecule has 1 N–H and O–H groups in total. The molecule has 1 fully saturated rings. The Labute approximate surface area is 51.2 Å². The molecule has 1 heterocycles. The van der Waals surface area contributed by atoms with Crippen LogP contribution in [0.25, 0.3) is 0 Å². The van der Waals surface area contributed by atoms with Gasteiger partial charge in [-0.3, -0.25) is 0 Å². The topological polar surface area (TPSA) is 12.0 Å². The lowest BCUT2D eigenvalue weighted by Gasteiger charge is -2.15. The number of rotatable bonds is 1. The summed E-state index contributed by atoms with van der Waals surface area (Å²) in [5.74, 6) is 0. The van der Waals surface area contributed by atoms with Crippen molar-refractivity contribution in [2.45, 2.75) is 18.5 Å². The third kappa shape index (κ3) is 1.18. The second kappa shape index (κ2) is 2.17. The normalized spacial score (nSPS) is 36.0. The van der Waals surface area contributed by atoms with Crippen molar-refractivity contribution < 1.29 is 13.2 Å². The molecule has 9 heavy (non-hydrogen) atoms. The summed E-state index contributed by atoms with van der Waals surface area (Å²) in [5, 5.41) is 2.54. The number of hydrogen-bond donors (Lipinski definition) is 1. The van der Waals surface area contributed by atoms with Gasteiger partial charge in [-0.2, -0.15) is 0 Å². The van der Waals surface area contributed by atoms with Gasteiger partial charge in [0.25, 0.3) is 6.43 Å². The Bertz CT molecular complexity index is 98.4. The fraction of sp³-hybridized carbons (Fsp3) is 1.00. The summed E-state index contributed by atoms with van der Waals surface area (Å²) in [6, 6.07) is 0. The average Bonchev–Trinajstić information content (AvgIpc) is 2.16. The van der Waals surface area contributed by atoms with Crippen LogP contribution >= 0.6 is 0 Å². The Kier molecular flexibility index (Phi) is 1.66. The van der Waals surface area contributed by atoms with Crippen LogP contribution in [-0.4, -0.2) is 25.2 Å². The Morgan fingerprint density at radius 2 is 2.11 bits per heavy atom. The van der Waals surface area contributed by atoms with Gasteiger partial charge < -0.3 is 5.32 Å². The van der Waals surface area contributed by atoms with E-state index in [0.717, 1.165) is 0 Å². The molecule has 0 spiro atoms. The Morgan fingerprint density at radius 1 is 1.44 bits per heavy atom. The molecule has 0 aromatic heterocycles. The first-order valence-corrected chi connectivity index (χ1v) is 2.83. The molecule has 0 bridgehead atoms. The minimum atomic E-state index is -2.84. The van der Waals surface area contributed by atoms with Crippen LogP contribution in [0, 0.1) is 0 Å². The molecule has 0 aromatic carbocycles. The molecule has 1 aliphatic heterocycles. The van der Waals surface area contributed by atoms with Crippen LogP contribution in [0.4, 0.5) is 13.2 Å². The van der Waals surface area contributed by atoms with Crippen molar-refractivity contribution in [3.05, 3.63) is 0 Å². The molecule has 0 radical (unpaired) electrons. The molecule has 0 amide bonds.